The van der Waals surface area contributed by atoms with Crippen molar-refractivity contribution in [2.75, 3.05) is 0 Å². The molecule has 0 aliphatic rings. The summed E-state index contributed by atoms with van der Waals surface area (Å²) >= 11 is 5.87. The normalized spacial score (nSPS) is 11.6. The third-order valence-corrected chi connectivity index (χ3v) is 4.51. The zero-order chi connectivity index (χ0) is 18.9. The lowest BCUT2D eigenvalue weighted by molar-refractivity contribution is 0.470. The summed E-state index contributed by atoms with van der Waals surface area (Å²) in [6.45, 7) is 7.92. The highest BCUT2D eigenvalue weighted by molar-refractivity contribution is 6.29. The van der Waals surface area contributed by atoms with Gasteiger partial charge in [0.15, 0.2) is 5.82 Å². The van der Waals surface area contributed by atoms with Crippen LogP contribution in [0.3, 0.4) is 0 Å². The molecule has 26 heavy (non-hydrogen) atoms. The smallest absolute Gasteiger partial charge is 0.349 e. The first kappa shape index (κ1) is 18.1. The van der Waals surface area contributed by atoms with E-state index in [0.717, 1.165) is 6.42 Å². The third kappa shape index (κ3) is 3.62. The van der Waals surface area contributed by atoms with Gasteiger partial charge in [0.1, 0.15) is 22.5 Å². The summed E-state index contributed by atoms with van der Waals surface area (Å²) in [6.07, 6.45) is 2.42. The molecule has 0 saturated carbocycles. The molecule has 1 N–H and O–H groups in total. The van der Waals surface area contributed by atoms with Crippen molar-refractivity contribution in [1.82, 2.24) is 24.7 Å². The number of H-pyrrole nitrogens is 1. The first-order valence-electron chi connectivity index (χ1n) is 8.27. The van der Waals surface area contributed by atoms with E-state index in [-0.39, 0.29) is 11.1 Å². The van der Waals surface area contributed by atoms with Crippen LogP contribution in [0.1, 0.15) is 38.7 Å². The van der Waals surface area contributed by atoms with Gasteiger partial charge in [-0.25, -0.2) is 14.8 Å². The van der Waals surface area contributed by atoms with Crippen LogP contribution >= 0.6 is 11.6 Å². The lowest BCUT2D eigenvalue weighted by Gasteiger charge is -2.18. The van der Waals surface area contributed by atoms with Crippen molar-refractivity contribution in [2.24, 2.45) is 0 Å². The van der Waals surface area contributed by atoms with Gasteiger partial charge >= 0.3 is 5.69 Å². The van der Waals surface area contributed by atoms with E-state index < -0.39 is 0 Å². The molecule has 3 rings (SSSR count). The highest BCUT2D eigenvalue weighted by Gasteiger charge is 2.24. The summed E-state index contributed by atoms with van der Waals surface area (Å²) in [4.78, 5) is 23.5. The minimum Gasteiger partial charge on any atom is -0.455 e. The molecule has 8 heteroatoms. The fourth-order valence-corrected chi connectivity index (χ4v) is 2.45. The maximum absolute atomic E-state index is 12.3. The van der Waals surface area contributed by atoms with Crippen LogP contribution in [0.2, 0.25) is 5.15 Å². The van der Waals surface area contributed by atoms with E-state index in [1.54, 1.807) is 37.4 Å². The molecular formula is C18H20ClN5O2. The second kappa shape index (κ2) is 6.92. The number of nitrogens with one attached hydrogen (secondary N) is 1. The van der Waals surface area contributed by atoms with Crippen molar-refractivity contribution < 1.29 is 4.74 Å². The average molecular weight is 374 g/mol. The fraction of sp³-hybridized carbons (Fsp3) is 0.333. The predicted octanol–water partition coefficient (Wildman–Crippen LogP) is 3.79. The second-order valence-electron chi connectivity index (χ2n) is 6.60. The minimum absolute atomic E-state index is 0.219. The van der Waals surface area contributed by atoms with Gasteiger partial charge in [0, 0.05) is 17.7 Å². The number of hydrogen-bond donors (Lipinski definition) is 1. The van der Waals surface area contributed by atoms with Crippen LogP contribution in [-0.4, -0.2) is 24.7 Å². The standard InChI is InChI=1S/C18H20ClN5O2/c1-5-18(3,4)16-22-17(25)24(23-16)15-7-6-13(11(2)21-15)26-12-8-9-20-14(19)10-12/h6-10H,5H2,1-4H3,(H,22,23,25). The van der Waals surface area contributed by atoms with E-state index in [4.69, 9.17) is 16.3 Å². The van der Waals surface area contributed by atoms with Gasteiger partial charge in [-0.1, -0.05) is 32.4 Å². The van der Waals surface area contributed by atoms with Gasteiger partial charge < -0.3 is 4.74 Å². The van der Waals surface area contributed by atoms with E-state index >= 15 is 0 Å². The maximum Gasteiger partial charge on any atom is 0.349 e. The Morgan fingerprint density at radius 2 is 2.08 bits per heavy atom. The molecule has 0 aliphatic carbocycles. The van der Waals surface area contributed by atoms with E-state index in [1.807, 2.05) is 13.8 Å². The molecule has 0 aromatic carbocycles. The molecule has 136 valence electrons. The summed E-state index contributed by atoms with van der Waals surface area (Å²) < 4.78 is 7.06. The highest BCUT2D eigenvalue weighted by Crippen LogP contribution is 2.26. The lowest BCUT2D eigenvalue weighted by Crippen LogP contribution is -2.18. The van der Waals surface area contributed by atoms with Crippen LogP contribution in [-0.2, 0) is 5.41 Å². The van der Waals surface area contributed by atoms with Crippen LogP contribution in [0.4, 0.5) is 0 Å². The van der Waals surface area contributed by atoms with Gasteiger partial charge in [-0.3, -0.25) is 4.98 Å². The Kier molecular flexibility index (Phi) is 4.82. The SMILES string of the molecule is CCC(C)(C)c1nn(-c2ccc(Oc3ccnc(Cl)c3)c(C)n2)c(=O)[nH]1. The number of halogens is 1. The summed E-state index contributed by atoms with van der Waals surface area (Å²) in [7, 11) is 0. The molecule has 0 saturated heterocycles. The van der Waals surface area contributed by atoms with Crippen molar-refractivity contribution in [3.05, 3.63) is 57.6 Å². The summed E-state index contributed by atoms with van der Waals surface area (Å²) in [6, 6.07) is 6.76. The molecule has 0 bridgehead atoms. The Morgan fingerprint density at radius 3 is 2.73 bits per heavy atom. The molecule has 0 spiro atoms. The quantitative estimate of drug-likeness (QED) is 0.687. The zero-order valence-electron chi connectivity index (χ0n) is 15.1. The van der Waals surface area contributed by atoms with Crippen molar-refractivity contribution in [3.8, 4) is 17.3 Å². The zero-order valence-corrected chi connectivity index (χ0v) is 15.8. The van der Waals surface area contributed by atoms with Gasteiger partial charge in [0.25, 0.3) is 0 Å². The monoisotopic (exact) mass is 373 g/mol. The van der Waals surface area contributed by atoms with Crippen molar-refractivity contribution in [2.45, 2.75) is 39.5 Å². The molecule has 3 aromatic heterocycles. The van der Waals surface area contributed by atoms with Gasteiger partial charge in [-0.2, -0.15) is 4.68 Å². The second-order valence-corrected chi connectivity index (χ2v) is 6.98. The Balaban J connectivity index is 1.92. The Labute approximate surface area is 156 Å². The molecule has 3 heterocycles. The Morgan fingerprint density at radius 1 is 1.31 bits per heavy atom. The highest BCUT2D eigenvalue weighted by atomic mass is 35.5. The maximum atomic E-state index is 12.3. The van der Waals surface area contributed by atoms with Crippen molar-refractivity contribution >= 4 is 11.6 Å². The van der Waals surface area contributed by atoms with Crippen LogP contribution in [0.25, 0.3) is 5.82 Å². The van der Waals surface area contributed by atoms with Gasteiger partial charge in [0.2, 0.25) is 0 Å². The number of nitrogens with zero attached hydrogens (tertiary/aromatic N) is 4. The van der Waals surface area contributed by atoms with Gasteiger partial charge in [-0.15, -0.1) is 5.10 Å². The molecule has 7 nitrogen and oxygen atoms in total. The number of aromatic amines is 1. The van der Waals surface area contributed by atoms with Gasteiger partial charge in [-0.05, 0) is 31.5 Å². The predicted molar refractivity (Wildman–Crippen MR) is 99.4 cm³/mol. The third-order valence-electron chi connectivity index (χ3n) is 4.31. The molecule has 3 aromatic rings. The van der Waals surface area contributed by atoms with Crippen molar-refractivity contribution in [3.63, 3.8) is 0 Å². The Bertz CT molecular complexity index is 993. The number of rotatable bonds is 5. The topological polar surface area (TPSA) is 85.7 Å². The van der Waals surface area contributed by atoms with E-state index in [2.05, 4.69) is 27.0 Å². The van der Waals surface area contributed by atoms with Gasteiger partial charge in [0.05, 0.1) is 5.69 Å². The minimum atomic E-state index is -0.317. The number of ether oxygens (including phenoxy) is 1. The molecular weight excluding hydrogens is 354 g/mol. The lowest BCUT2D eigenvalue weighted by atomic mass is 9.90. The fourth-order valence-electron chi connectivity index (χ4n) is 2.29. The number of pyridine rings is 2. The average Bonchev–Trinajstić information content (AvgIpc) is 2.99. The molecule has 0 radical (unpaired) electrons. The van der Waals surface area contributed by atoms with E-state index in [0.29, 0.717) is 34.0 Å². The molecule has 0 fully saturated rings. The first-order chi connectivity index (χ1) is 12.3. The van der Waals surface area contributed by atoms with Crippen LogP contribution < -0.4 is 10.4 Å². The van der Waals surface area contributed by atoms with Crippen LogP contribution in [0.15, 0.2) is 35.3 Å². The van der Waals surface area contributed by atoms with Crippen LogP contribution in [0, 0.1) is 6.92 Å². The number of aryl methyl sites for hydroxylation is 1. The largest absolute Gasteiger partial charge is 0.455 e. The van der Waals surface area contributed by atoms with Crippen LogP contribution in [0.5, 0.6) is 11.5 Å². The summed E-state index contributed by atoms with van der Waals surface area (Å²) in [5.41, 5.74) is 0.0907. The summed E-state index contributed by atoms with van der Waals surface area (Å²) in [5, 5.41) is 4.75. The Hall–Kier alpha value is -2.67. The van der Waals surface area contributed by atoms with E-state index in [1.165, 1.54) is 4.68 Å². The molecule has 0 aliphatic heterocycles. The van der Waals surface area contributed by atoms with E-state index in [9.17, 15) is 4.79 Å². The number of hydrogen-bond acceptors (Lipinski definition) is 5. The number of aromatic nitrogens is 5. The molecule has 0 unspecified atom stereocenters. The molecule has 0 atom stereocenters. The van der Waals surface area contributed by atoms with Crippen molar-refractivity contribution in [1.29, 1.82) is 0 Å². The summed E-state index contributed by atoms with van der Waals surface area (Å²) in [5.74, 6) is 2.19. The molecule has 0 amide bonds. The first-order valence-corrected chi connectivity index (χ1v) is 8.65.